The van der Waals surface area contributed by atoms with E-state index >= 15 is 0 Å². The van der Waals surface area contributed by atoms with Crippen LogP contribution in [0.5, 0.6) is 0 Å². The molecule has 1 aliphatic carbocycles. The highest BCUT2D eigenvalue weighted by atomic mass is 16.4. The first-order valence-corrected chi connectivity index (χ1v) is 8.52. The Hall–Kier alpha value is -2.11. The molecule has 2 aromatic rings. The molecule has 0 spiro atoms. The number of hydrogen-bond donors (Lipinski definition) is 2. The molecule has 2 fully saturated rings. The predicted octanol–water partition coefficient (Wildman–Crippen LogP) is 2.92. The Morgan fingerprint density at radius 3 is 2.91 bits per heavy atom. The number of carboxylic acids is 1. The second-order valence-corrected chi connectivity index (χ2v) is 6.80. The highest BCUT2D eigenvalue weighted by Gasteiger charge is 2.29. The molecule has 1 saturated carbocycles. The highest BCUT2D eigenvalue weighted by molar-refractivity contribution is 5.87. The van der Waals surface area contributed by atoms with Crippen LogP contribution in [0, 0.1) is 5.92 Å². The topological polar surface area (TPSA) is 82.1 Å². The number of aromatic amines is 1. The van der Waals surface area contributed by atoms with Gasteiger partial charge < -0.3 is 15.0 Å². The molecule has 1 saturated heterocycles. The zero-order valence-electron chi connectivity index (χ0n) is 13.2. The Bertz CT molecular complexity index is 722. The van der Waals surface area contributed by atoms with Crippen LogP contribution in [0.15, 0.2) is 12.3 Å². The van der Waals surface area contributed by atoms with Crippen LogP contribution in [0.25, 0.3) is 11.0 Å². The molecule has 23 heavy (non-hydrogen) atoms. The van der Waals surface area contributed by atoms with E-state index in [4.69, 9.17) is 10.1 Å². The predicted molar refractivity (Wildman–Crippen MR) is 87.7 cm³/mol. The second-order valence-electron chi connectivity index (χ2n) is 6.80. The molecule has 3 heterocycles. The number of carbonyl (C=O) groups is 1. The number of aromatic nitrogens is 3. The zero-order chi connectivity index (χ0) is 15.8. The Balaban J connectivity index is 1.60. The molecule has 1 aliphatic heterocycles. The summed E-state index contributed by atoms with van der Waals surface area (Å²) in [5, 5.41) is 10.1. The summed E-state index contributed by atoms with van der Waals surface area (Å²) in [5.41, 5.74) is 0.920. The second kappa shape index (κ2) is 5.83. The third-order valence-corrected chi connectivity index (χ3v) is 4.97. The summed E-state index contributed by atoms with van der Waals surface area (Å²) in [6.45, 7) is 1.82. The van der Waals surface area contributed by atoms with Crippen molar-refractivity contribution in [2.75, 3.05) is 18.0 Å². The fourth-order valence-electron chi connectivity index (χ4n) is 3.54. The first kappa shape index (κ1) is 14.5. The van der Waals surface area contributed by atoms with Crippen LogP contribution in [0.3, 0.4) is 0 Å². The van der Waals surface area contributed by atoms with Crippen LogP contribution in [-0.2, 0) is 4.79 Å². The monoisotopic (exact) mass is 314 g/mol. The minimum atomic E-state index is -0.686. The Kier molecular flexibility index (Phi) is 3.67. The summed E-state index contributed by atoms with van der Waals surface area (Å²) >= 11 is 0. The van der Waals surface area contributed by atoms with E-state index in [1.54, 1.807) is 0 Å². The van der Waals surface area contributed by atoms with Crippen molar-refractivity contribution in [2.24, 2.45) is 5.92 Å². The van der Waals surface area contributed by atoms with Gasteiger partial charge in [0.2, 0.25) is 0 Å². The van der Waals surface area contributed by atoms with Crippen LogP contribution in [0.1, 0.15) is 50.3 Å². The standard InChI is InChI=1S/C17H22N4O2/c22-14(23)10-11-2-1-8-21(9-6-11)17-13-5-7-18-16(13)19-15(20-17)12-3-4-12/h5,7,11-12H,1-4,6,8-10H2,(H,22,23)(H,18,19,20)/t11-/m0/s1. The molecule has 0 amide bonds. The van der Waals surface area contributed by atoms with Crippen molar-refractivity contribution in [3.8, 4) is 0 Å². The highest BCUT2D eigenvalue weighted by Crippen LogP contribution is 2.40. The summed E-state index contributed by atoms with van der Waals surface area (Å²) < 4.78 is 0. The van der Waals surface area contributed by atoms with Gasteiger partial charge in [0.05, 0.1) is 5.39 Å². The molecule has 6 heteroatoms. The van der Waals surface area contributed by atoms with Crippen LogP contribution in [0.2, 0.25) is 0 Å². The lowest BCUT2D eigenvalue weighted by Crippen LogP contribution is -2.26. The number of nitrogens with one attached hydrogen (secondary N) is 1. The van der Waals surface area contributed by atoms with Gasteiger partial charge in [-0.2, -0.15) is 0 Å². The zero-order valence-corrected chi connectivity index (χ0v) is 13.2. The SMILES string of the molecule is O=C(O)C[C@H]1CCCN(c2nc(C3CC3)nc3[nH]ccc23)CC1. The van der Waals surface area contributed by atoms with Gasteiger partial charge in [-0.25, -0.2) is 9.97 Å². The summed E-state index contributed by atoms with van der Waals surface area (Å²) in [4.78, 5) is 26.0. The van der Waals surface area contributed by atoms with Crippen molar-refractivity contribution in [3.63, 3.8) is 0 Å². The molecule has 4 rings (SSSR count). The number of anilines is 1. The summed E-state index contributed by atoms with van der Waals surface area (Å²) in [6.07, 6.45) is 7.50. The molecule has 0 aromatic carbocycles. The van der Waals surface area contributed by atoms with Gasteiger partial charge in [0, 0.05) is 31.6 Å². The van der Waals surface area contributed by atoms with E-state index in [0.29, 0.717) is 5.92 Å². The van der Waals surface area contributed by atoms with Gasteiger partial charge in [-0.3, -0.25) is 4.79 Å². The van der Waals surface area contributed by atoms with Crippen molar-refractivity contribution in [1.29, 1.82) is 0 Å². The van der Waals surface area contributed by atoms with Gasteiger partial charge in [-0.05, 0) is 44.1 Å². The van der Waals surface area contributed by atoms with Crippen LogP contribution in [0.4, 0.5) is 5.82 Å². The van der Waals surface area contributed by atoms with E-state index in [2.05, 4.69) is 14.9 Å². The average Bonchev–Trinajstić information content (AvgIpc) is 3.30. The quantitative estimate of drug-likeness (QED) is 0.906. The van der Waals surface area contributed by atoms with Crippen molar-refractivity contribution in [1.82, 2.24) is 15.0 Å². The van der Waals surface area contributed by atoms with Crippen molar-refractivity contribution < 1.29 is 9.90 Å². The Morgan fingerprint density at radius 2 is 2.13 bits per heavy atom. The number of hydrogen-bond acceptors (Lipinski definition) is 4. The first-order valence-electron chi connectivity index (χ1n) is 8.52. The lowest BCUT2D eigenvalue weighted by Gasteiger charge is -2.23. The maximum absolute atomic E-state index is 11.0. The van der Waals surface area contributed by atoms with Gasteiger partial charge in [0.1, 0.15) is 17.3 Å². The normalized spacial score (nSPS) is 22.3. The van der Waals surface area contributed by atoms with Crippen molar-refractivity contribution in [3.05, 3.63) is 18.1 Å². The third kappa shape index (κ3) is 3.02. The van der Waals surface area contributed by atoms with Gasteiger partial charge >= 0.3 is 5.97 Å². The third-order valence-electron chi connectivity index (χ3n) is 4.97. The van der Waals surface area contributed by atoms with E-state index < -0.39 is 5.97 Å². The number of H-pyrrole nitrogens is 1. The smallest absolute Gasteiger partial charge is 0.303 e. The lowest BCUT2D eigenvalue weighted by atomic mass is 9.97. The summed E-state index contributed by atoms with van der Waals surface area (Å²) in [5.74, 6) is 2.10. The van der Waals surface area contributed by atoms with E-state index in [1.165, 1.54) is 12.8 Å². The molecule has 122 valence electrons. The van der Waals surface area contributed by atoms with Gasteiger partial charge in [0.15, 0.2) is 0 Å². The molecule has 0 bridgehead atoms. The first-order chi connectivity index (χ1) is 11.2. The number of carboxylic acid groups (broad SMARTS) is 1. The number of rotatable bonds is 4. The van der Waals surface area contributed by atoms with Crippen molar-refractivity contribution >= 4 is 22.8 Å². The van der Waals surface area contributed by atoms with Crippen LogP contribution in [-0.4, -0.2) is 39.1 Å². The lowest BCUT2D eigenvalue weighted by molar-refractivity contribution is -0.138. The molecule has 0 radical (unpaired) electrons. The van der Waals surface area contributed by atoms with E-state index in [-0.39, 0.29) is 12.3 Å². The molecule has 0 unspecified atom stereocenters. The number of fused-ring (bicyclic) bond motifs is 1. The van der Waals surface area contributed by atoms with Crippen LogP contribution < -0.4 is 4.90 Å². The molecule has 2 N–H and O–H groups in total. The number of aliphatic carboxylic acids is 1. The van der Waals surface area contributed by atoms with E-state index in [0.717, 1.165) is 55.0 Å². The fraction of sp³-hybridized carbons (Fsp3) is 0.588. The van der Waals surface area contributed by atoms with Gasteiger partial charge in [0.25, 0.3) is 0 Å². The maximum Gasteiger partial charge on any atom is 0.303 e. The van der Waals surface area contributed by atoms with Gasteiger partial charge in [-0.15, -0.1) is 0 Å². The minimum absolute atomic E-state index is 0.281. The molecule has 6 nitrogen and oxygen atoms in total. The Labute approximate surface area is 134 Å². The summed E-state index contributed by atoms with van der Waals surface area (Å²) in [6, 6.07) is 2.04. The maximum atomic E-state index is 11.0. The molecule has 2 aromatic heterocycles. The summed E-state index contributed by atoms with van der Waals surface area (Å²) in [7, 11) is 0. The fourth-order valence-corrected chi connectivity index (χ4v) is 3.54. The molecular weight excluding hydrogens is 292 g/mol. The molecular formula is C17H22N4O2. The van der Waals surface area contributed by atoms with Gasteiger partial charge in [-0.1, -0.05) is 0 Å². The molecule has 2 aliphatic rings. The van der Waals surface area contributed by atoms with Crippen LogP contribution >= 0.6 is 0 Å². The van der Waals surface area contributed by atoms with E-state index in [1.807, 2.05) is 12.3 Å². The van der Waals surface area contributed by atoms with Crippen molar-refractivity contribution in [2.45, 2.75) is 44.4 Å². The molecule has 1 atom stereocenters. The largest absolute Gasteiger partial charge is 0.481 e. The average molecular weight is 314 g/mol. The minimum Gasteiger partial charge on any atom is -0.481 e. The van der Waals surface area contributed by atoms with E-state index in [9.17, 15) is 4.79 Å². The Morgan fingerprint density at radius 1 is 1.26 bits per heavy atom. The number of nitrogens with zero attached hydrogens (tertiary/aromatic N) is 3.